The number of nitrogens with zero attached hydrogens (tertiary/aromatic N) is 3. The molecule has 2 heterocycles. The summed E-state index contributed by atoms with van der Waals surface area (Å²) in [5.41, 5.74) is 3.70. The molecule has 1 N–H and O–H groups in total. The van der Waals surface area contributed by atoms with E-state index in [0.717, 1.165) is 40.4 Å². The lowest BCUT2D eigenvalue weighted by molar-refractivity contribution is -0.116. The Kier molecular flexibility index (Phi) is 4.43. The van der Waals surface area contributed by atoms with E-state index in [1.165, 1.54) is 4.70 Å². The molecule has 0 saturated carbocycles. The Morgan fingerprint density at radius 3 is 2.78 bits per heavy atom. The zero-order chi connectivity index (χ0) is 16.4. The Bertz CT molecular complexity index is 817. The third kappa shape index (κ3) is 3.42. The molecular weight excluding hydrogens is 308 g/mol. The molecular formula is C17H20N4OS. The number of carbonyl (C=O) groups excluding carboxylic acids is 1. The van der Waals surface area contributed by atoms with Gasteiger partial charge < -0.3 is 5.32 Å². The number of amides is 1. The van der Waals surface area contributed by atoms with Gasteiger partial charge in [-0.2, -0.15) is 5.10 Å². The minimum absolute atomic E-state index is 0.0327. The number of aromatic nitrogens is 3. The van der Waals surface area contributed by atoms with Gasteiger partial charge in [0.15, 0.2) is 0 Å². The molecule has 0 aliphatic carbocycles. The molecule has 0 fully saturated rings. The number of thiazole rings is 1. The van der Waals surface area contributed by atoms with Crippen molar-refractivity contribution in [3.05, 3.63) is 40.7 Å². The number of rotatable bonds is 5. The van der Waals surface area contributed by atoms with Crippen LogP contribution in [0.1, 0.15) is 29.2 Å². The van der Waals surface area contributed by atoms with Crippen molar-refractivity contribution in [2.45, 2.75) is 33.1 Å². The predicted octanol–water partition coefficient (Wildman–Crippen LogP) is 3.61. The Morgan fingerprint density at radius 2 is 2.09 bits per heavy atom. The number of fused-ring (bicyclic) bond motifs is 1. The highest BCUT2D eigenvalue weighted by atomic mass is 32.1. The summed E-state index contributed by atoms with van der Waals surface area (Å²) in [6.07, 6.45) is 2.12. The fourth-order valence-corrected chi connectivity index (χ4v) is 3.59. The van der Waals surface area contributed by atoms with Gasteiger partial charge in [0.2, 0.25) is 5.91 Å². The van der Waals surface area contributed by atoms with E-state index in [0.29, 0.717) is 6.42 Å². The van der Waals surface area contributed by atoms with E-state index in [9.17, 15) is 4.79 Å². The molecule has 0 bridgehead atoms. The van der Waals surface area contributed by atoms with Gasteiger partial charge in [-0.05, 0) is 38.8 Å². The Hall–Kier alpha value is -2.21. The number of anilines is 1. The van der Waals surface area contributed by atoms with Crippen molar-refractivity contribution in [2.24, 2.45) is 7.05 Å². The van der Waals surface area contributed by atoms with Crippen molar-refractivity contribution >= 4 is 33.1 Å². The molecule has 6 heteroatoms. The van der Waals surface area contributed by atoms with Gasteiger partial charge in [-0.15, -0.1) is 11.3 Å². The second-order valence-electron chi connectivity index (χ2n) is 5.65. The molecule has 0 saturated heterocycles. The third-order valence-corrected chi connectivity index (χ3v) is 5.00. The number of hydrogen-bond donors (Lipinski definition) is 1. The number of aryl methyl sites for hydroxylation is 3. The van der Waals surface area contributed by atoms with Gasteiger partial charge in [-0.3, -0.25) is 9.48 Å². The van der Waals surface area contributed by atoms with Crippen LogP contribution in [0, 0.1) is 13.8 Å². The van der Waals surface area contributed by atoms with Gasteiger partial charge in [0, 0.05) is 13.5 Å². The van der Waals surface area contributed by atoms with E-state index in [1.54, 1.807) is 16.0 Å². The molecule has 3 rings (SSSR count). The van der Waals surface area contributed by atoms with E-state index < -0.39 is 0 Å². The highest BCUT2D eigenvalue weighted by molar-refractivity contribution is 7.18. The van der Waals surface area contributed by atoms with Crippen molar-refractivity contribution in [1.82, 2.24) is 14.8 Å². The fraction of sp³-hybridized carbons (Fsp3) is 0.353. The van der Waals surface area contributed by atoms with E-state index in [-0.39, 0.29) is 5.91 Å². The number of carbonyl (C=O) groups is 1. The number of para-hydroxylation sites is 1. The van der Waals surface area contributed by atoms with Crippen LogP contribution >= 0.6 is 11.3 Å². The van der Waals surface area contributed by atoms with Crippen LogP contribution in [0.3, 0.4) is 0 Å². The third-order valence-electron chi connectivity index (χ3n) is 3.91. The minimum atomic E-state index is 0.0327. The quantitative estimate of drug-likeness (QED) is 0.778. The predicted molar refractivity (Wildman–Crippen MR) is 93.9 cm³/mol. The number of benzene rings is 1. The largest absolute Gasteiger partial charge is 0.323 e. The van der Waals surface area contributed by atoms with Crippen LogP contribution in [0.5, 0.6) is 0 Å². The molecule has 1 aromatic carbocycles. The van der Waals surface area contributed by atoms with Crippen LogP contribution in [0.2, 0.25) is 0 Å². The van der Waals surface area contributed by atoms with Crippen LogP contribution < -0.4 is 5.32 Å². The van der Waals surface area contributed by atoms with E-state index in [4.69, 9.17) is 0 Å². The molecule has 0 unspecified atom stereocenters. The molecule has 0 aliphatic heterocycles. The van der Waals surface area contributed by atoms with Gasteiger partial charge in [-0.25, -0.2) is 4.98 Å². The SMILES string of the molecule is Cc1nn(C)c(C)c1NC(=O)CCCc1nc2ccccc2s1. The monoisotopic (exact) mass is 328 g/mol. The van der Waals surface area contributed by atoms with Gasteiger partial charge >= 0.3 is 0 Å². The maximum absolute atomic E-state index is 12.1. The molecule has 0 atom stereocenters. The summed E-state index contributed by atoms with van der Waals surface area (Å²) >= 11 is 1.70. The molecule has 5 nitrogen and oxygen atoms in total. The lowest BCUT2D eigenvalue weighted by atomic mass is 10.2. The summed E-state index contributed by atoms with van der Waals surface area (Å²) in [4.78, 5) is 16.7. The lowest BCUT2D eigenvalue weighted by Crippen LogP contribution is -2.12. The maximum Gasteiger partial charge on any atom is 0.224 e. The van der Waals surface area contributed by atoms with Crippen molar-refractivity contribution in [3.8, 4) is 0 Å². The maximum atomic E-state index is 12.1. The lowest BCUT2D eigenvalue weighted by Gasteiger charge is -2.05. The summed E-state index contributed by atoms with van der Waals surface area (Å²) in [6, 6.07) is 8.13. The van der Waals surface area contributed by atoms with Crippen LogP contribution in [-0.4, -0.2) is 20.7 Å². The van der Waals surface area contributed by atoms with Crippen LogP contribution in [-0.2, 0) is 18.3 Å². The van der Waals surface area contributed by atoms with Crippen LogP contribution in [0.25, 0.3) is 10.2 Å². The standard InChI is InChI=1S/C17H20N4OS/c1-11-17(12(2)21(3)20-11)19-15(22)9-6-10-16-18-13-7-4-5-8-14(13)23-16/h4-5,7-8H,6,9-10H2,1-3H3,(H,19,22). The van der Waals surface area contributed by atoms with Crippen LogP contribution in [0.4, 0.5) is 5.69 Å². The Labute approximate surface area is 139 Å². The molecule has 120 valence electrons. The minimum Gasteiger partial charge on any atom is -0.323 e. The molecule has 1 amide bonds. The van der Waals surface area contributed by atoms with Crippen LogP contribution in [0.15, 0.2) is 24.3 Å². The fourth-order valence-electron chi connectivity index (χ4n) is 2.58. The zero-order valence-corrected chi connectivity index (χ0v) is 14.4. The normalized spacial score (nSPS) is 11.1. The van der Waals surface area contributed by atoms with E-state index >= 15 is 0 Å². The van der Waals surface area contributed by atoms with Gasteiger partial charge in [0.1, 0.15) is 0 Å². The zero-order valence-electron chi connectivity index (χ0n) is 13.6. The van der Waals surface area contributed by atoms with Crippen molar-refractivity contribution < 1.29 is 4.79 Å². The second kappa shape index (κ2) is 6.50. The van der Waals surface area contributed by atoms with Gasteiger partial charge in [0.05, 0.1) is 32.3 Å². The molecule has 2 aromatic heterocycles. The first-order valence-corrected chi connectivity index (χ1v) is 8.50. The first kappa shape index (κ1) is 15.7. The first-order valence-electron chi connectivity index (χ1n) is 7.69. The number of hydrogen-bond acceptors (Lipinski definition) is 4. The highest BCUT2D eigenvalue weighted by Gasteiger charge is 2.12. The molecule has 0 spiro atoms. The highest BCUT2D eigenvalue weighted by Crippen LogP contribution is 2.23. The summed E-state index contributed by atoms with van der Waals surface area (Å²) in [5.74, 6) is 0.0327. The molecule has 23 heavy (non-hydrogen) atoms. The van der Waals surface area contributed by atoms with Gasteiger partial charge in [-0.1, -0.05) is 12.1 Å². The van der Waals surface area contributed by atoms with Crippen molar-refractivity contribution in [1.29, 1.82) is 0 Å². The number of nitrogens with one attached hydrogen (secondary N) is 1. The second-order valence-corrected chi connectivity index (χ2v) is 6.76. The summed E-state index contributed by atoms with van der Waals surface area (Å²) in [5, 5.41) is 8.37. The van der Waals surface area contributed by atoms with Gasteiger partial charge in [0.25, 0.3) is 0 Å². The smallest absolute Gasteiger partial charge is 0.224 e. The summed E-state index contributed by atoms with van der Waals surface area (Å²) in [6.45, 7) is 3.86. The Morgan fingerprint density at radius 1 is 1.30 bits per heavy atom. The Balaban J connectivity index is 1.55. The molecule has 0 radical (unpaired) electrons. The summed E-state index contributed by atoms with van der Waals surface area (Å²) < 4.78 is 2.99. The average Bonchev–Trinajstić information content (AvgIpc) is 3.03. The topological polar surface area (TPSA) is 59.8 Å². The first-order chi connectivity index (χ1) is 11.0. The van der Waals surface area contributed by atoms with E-state index in [1.807, 2.05) is 39.1 Å². The van der Waals surface area contributed by atoms with E-state index in [2.05, 4.69) is 21.5 Å². The molecule has 0 aliphatic rings. The molecule has 3 aromatic rings. The van der Waals surface area contributed by atoms with Crippen molar-refractivity contribution in [3.63, 3.8) is 0 Å². The average molecular weight is 328 g/mol. The summed E-state index contributed by atoms with van der Waals surface area (Å²) in [7, 11) is 1.88. The van der Waals surface area contributed by atoms with Crippen molar-refractivity contribution in [2.75, 3.05) is 5.32 Å².